The maximum Gasteiger partial charge on any atom is 0.241 e. The first-order valence-electron chi connectivity index (χ1n) is 6.01. The predicted molar refractivity (Wildman–Crippen MR) is 67.8 cm³/mol. The Morgan fingerprint density at radius 2 is 2.37 bits per heavy atom. The molecule has 0 atom stereocenters. The number of rotatable bonds is 6. The zero-order valence-electron chi connectivity index (χ0n) is 10.8. The van der Waals surface area contributed by atoms with Crippen molar-refractivity contribution in [2.75, 3.05) is 6.54 Å². The van der Waals surface area contributed by atoms with Crippen molar-refractivity contribution >= 4 is 5.91 Å². The summed E-state index contributed by atoms with van der Waals surface area (Å²) in [5.41, 5.74) is 6.08. The summed E-state index contributed by atoms with van der Waals surface area (Å²) in [5.74, 6) is 0.828. The third kappa shape index (κ3) is 3.62. The van der Waals surface area contributed by atoms with Gasteiger partial charge in [0.2, 0.25) is 5.91 Å². The van der Waals surface area contributed by atoms with E-state index in [9.17, 15) is 4.79 Å². The molecule has 8 nitrogen and oxygen atoms in total. The van der Waals surface area contributed by atoms with Gasteiger partial charge in [-0.2, -0.15) is 0 Å². The molecule has 19 heavy (non-hydrogen) atoms. The van der Waals surface area contributed by atoms with E-state index < -0.39 is 0 Å². The number of hydrogen-bond donors (Lipinski definition) is 2. The molecule has 0 radical (unpaired) electrons. The molecule has 0 saturated carbocycles. The number of imidazole rings is 1. The van der Waals surface area contributed by atoms with E-state index in [0.717, 1.165) is 5.82 Å². The number of carbonyl (C=O) groups is 1. The van der Waals surface area contributed by atoms with Gasteiger partial charge in [0.25, 0.3) is 0 Å². The van der Waals surface area contributed by atoms with Gasteiger partial charge in [0, 0.05) is 39.0 Å². The molecular formula is C11H17N7O. The minimum absolute atomic E-state index is 0.109. The first kappa shape index (κ1) is 13.2. The van der Waals surface area contributed by atoms with Crippen LogP contribution in [0.25, 0.3) is 0 Å². The van der Waals surface area contributed by atoms with E-state index in [4.69, 9.17) is 5.73 Å². The SMILES string of the molecule is Cn1ccnc1CCNC(=O)Cn1cc(CN)nn1. The molecule has 3 N–H and O–H groups in total. The molecule has 102 valence electrons. The van der Waals surface area contributed by atoms with Crippen LogP contribution in [0.5, 0.6) is 0 Å². The van der Waals surface area contributed by atoms with Gasteiger partial charge in [0.1, 0.15) is 12.4 Å². The molecule has 2 heterocycles. The minimum Gasteiger partial charge on any atom is -0.354 e. The highest BCUT2D eigenvalue weighted by atomic mass is 16.2. The van der Waals surface area contributed by atoms with Crippen molar-refractivity contribution in [2.24, 2.45) is 12.8 Å². The Bertz CT molecular complexity index is 545. The van der Waals surface area contributed by atoms with E-state index in [1.165, 1.54) is 4.68 Å². The molecule has 0 aliphatic heterocycles. The molecule has 1 amide bonds. The maximum absolute atomic E-state index is 11.7. The number of carbonyl (C=O) groups excluding carboxylic acids is 1. The number of amides is 1. The summed E-state index contributed by atoms with van der Waals surface area (Å²) < 4.78 is 3.40. The van der Waals surface area contributed by atoms with E-state index >= 15 is 0 Å². The molecule has 0 fully saturated rings. The molecule has 0 unspecified atom stereocenters. The molecule has 0 saturated heterocycles. The molecule has 0 aromatic carbocycles. The number of nitrogens with one attached hydrogen (secondary N) is 1. The lowest BCUT2D eigenvalue weighted by molar-refractivity contribution is -0.121. The van der Waals surface area contributed by atoms with Crippen LogP contribution >= 0.6 is 0 Å². The average molecular weight is 263 g/mol. The molecular weight excluding hydrogens is 246 g/mol. The highest BCUT2D eigenvalue weighted by molar-refractivity contribution is 5.75. The Morgan fingerprint density at radius 3 is 3.00 bits per heavy atom. The van der Waals surface area contributed by atoms with Crippen molar-refractivity contribution in [3.63, 3.8) is 0 Å². The maximum atomic E-state index is 11.7. The highest BCUT2D eigenvalue weighted by Crippen LogP contribution is 1.94. The summed E-state index contributed by atoms with van der Waals surface area (Å²) in [4.78, 5) is 15.8. The Hall–Kier alpha value is -2.22. The Balaban J connectivity index is 1.74. The van der Waals surface area contributed by atoms with Gasteiger partial charge in [-0.05, 0) is 0 Å². The molecule has 0 bridgehead atoms. The lowest BCUT2D eigenvalue weighted by atomic mass is 10.4. The Labute approximate surface area is 110 Å². The van der Waals surface area contributed by atoms with Crippen molar-refractivity contribution in [3.8, 4) is 0 Å². The topological polar surface area (TPSA) is 104 Å². The third-order valence-electron chi connectivity index (χ3n) is 2.69. The first-order chi connectivity index (χ1) is 9.19. The Kier molecular flexibility index (Phi) is 4.24. The fraction of sp³-hybridized carbons (Fsp3) is 0.455. The number of aromatic nitrogens is 5. The van der Waals surface area contributed by atoms with Gasteiger partial charge >= 0.3 is 0 Å². The van der Waals surface area contributed by atoms with Crippen LogP contribution in [0.4, 0.5) is 0 Å². The van der Waals surface area contributed by atoms with Crippen LogP contribution in [0.1, 0.15) is 11.5 Å². The standard InChI is InChI=1S/C11H17N7O/c1-17-5-4-13-10(17)2-3-14-11(19)8-18-7-9(6-12)15-16-18/h4-5,7H,2-3,6,8,12H2,1H3,(H,14,19). The fourth-order valence-corrected chi connectivity index (χ4v) is 1.66. The minimum atomic E-state index is -0.109. The van der Waals surface area contributed by atoms with E-state index in [2.05, 4.69) is 20.6 Å². The normalized spacial score (nSPS) is 10.6. The number of nitrogens with zero attached hydrogens (tertiary/aromatic N) is 5. The van der Waals surface area contributed by atoms with Crippen molar-refractivity contribution in [3.05, 3.63) is 30.1 Å². The second-order valence-corrected chi connectivity index (χ2v) is 4.17. The summed E-state index contributed by atoms with van der Waals surface area (Å²) in [6.45, 7) is 1.01. The number of nitrogens with two attached hydrogens (primary N) is 1. The lowest BCUT2D eigenvalue weighted by Gasteiger charge is -2.05. The monoisotopic (exact) mass is 263 g/mol. The zero-order valence-corrected chi connectivity index (χ0v) is 10.8. The molecule has 0 aliphatic carbocycles. The van der Waals surface area contributed by atoms with Crippen LogP contribution in [0.2, 0.25) is 0 Å². The van der Waals surface area contributed by atoms with Crippen molar-refractivity contribution < 1.29 is 4.79 Å². The summed E-state index contributed by atoms with van der Waals surface area (Å²) >= 11 is 0. The van der Waals surface area contributed by atoms with Crippen LogP contribution in [0.15, 0.2) is 18.6 Å². The van der Waals surface area contributed by atoms with Crippen LogP contribution in [0, 0.1) is 0 Å². The number of aryl methyl sites for hydroxylation is 1. The van der Waals surface area contributed by atoms with Crippen LogP contribution < -0.4 is 11.1 Å². The smallest absolute Gasteiger partial charge is 0.241 e. The molecule has 2 rings (SSSR count). The summed E-state index contributed by atoms with van der Waals surface area (Å²) in [5, 5.41) is 10.4. The molecule has 2 aromatic heterocycles. The van der Waals surface area contributed by atoms with Gasteiger partial charge < -0.3 is 15.6 Å². The van der Waals surface area contributed by atoms with E-state index in [0.29, 0.717) is 25.2 Å². The van der Waals surface area contributed by atoms with Crippen molar-refractivity contribution in [1.82, 2.24) is 29.9 Å². The Morgan fingerprint density at radius 1 is 1.53 bits per heavy atom. The molecule has 8 heteroatoms. The first-order valence-corrected chi connectivity index (χ1v) is 6.01. The van der Waals surface area contributed by atoms with Crippen LogP contribution in [-0.2, 0) is 31.4 Å². The molecule has 0 aliphatic rings. The van der Waals surface area contributed by atoms with Gasteiger partial charge in [-0.15, -0.1) is 5.10 Å². The van der Waals surface area contributed by atoms with Gasteiger partial charge in [-0.3, -0.25) is 4.79 Å². The average Bonchev–Trinajstić information content (AvgIpc) is 2.99. The quantitative estimate of drug-likeness (QED) is 0.683. The summed E-state index contributed by atoms with van der Waals surface area (Å²) in [6, 6.07) is 0. The van der Waals surface area contributed by atoms with E-state index in [1.807, 2.05) is 17.8 Å². The fourth-order valence-electron chi connectivity index (χ4n) is 1.66. The summed E-state index contributed by atoms with van der Waals surface area (Å²) in [7, 11) is 1.92. The second-order valence-electron chi connectivity index (χ2n) is 4.17. The lowest BCUT2D eigenvalue weighted by Crippen LogP contribution is -2.30. The van der Waals surface area contributed by atoms with Gasteiger partial charge in [0.15, 0.2) is 0 Å². The summed E-state index contributed by atoms with van der Waals surface area (Å²) in [6.07, 6.45) is 5.97. The largest absolute Gasteiger partial charge is 0.354 e. The van der Waals surface area contributed by atoms with Crippen molar-refractivity contribution in [2.45, 2.75) is 19.5 Å². The second kappa shape index (κ2) is 6.10. The van der Waals surface area contributed by atoms with Crippen LogP contribution in [0.3, 0.4) is 0 Å². The highest BCUT2D eigenvalue weighted by Gasteiger charge is 2.06. The zero-order chi connectivity index (χ0) is 13.7. The third-order valence-corrected chi connectivity index (χ3v) is 2.69. The van der Waals surface area contributed by atoms with Gasteiger partial charge in [-0.25, -0.2) is 9.67 Å². The van der Waals surface area contributed by atoms with E-state index in [1.54, 1.807) is 12.4 Å². The van der Waals surface area contributed by atoms with Crippen molar-refractivity contribution in [1.29, 1.82) is 0 Å². The van der Waals surface area contributed by atoms with Gasteiger partial charge in [-0.1, -0.05) is 5.21 Å². The number of hydrogen-bond acceptors (Lipinski definition) is 5. The van der Waals surface area contributed by atoms with Gasteiger partial charge in [0.05, 0.1) is 11.9 Å². The van der Waals surface area contributed by atoms with Crippen LogP contribution in [-0.4, -0.2) is 37.0 Å². The predicted octanol–water partition coefficient (Wildman–Crippen LogP) is -1.17. The molecule has 0 spiro atoms. The van der Waals surface area contributed by atoms with E-state index in [-0.39, 0.29) is 12.5 Å². The molecule has 2 aromatic rings.